The molecule has 0 nitrogen and oxygen atoms in total. The van der Waals surface area contributed by atoms with Crippen LogP contribution in [0.1, 0.15) is 20.8 Å². The Morgan fingerprint density at radius 3 is 1.44 bits per heavy atom. The lowest BCUT2D eigenvalue weighted by molar-refractivity contribution is 0.471. The van der Waals surface area contributed by atoms with Crippen LogP contribution in [0.2, 0.25) is 18.1 Å². The van der Waals surface area contributed by atoms with Gasteiger partial charge in [-0.3, -0.25) is 0 Å². The van der Waals surface area contributed by atoms with Gasteiger partial charge in [-0.15, -0.1) is 0 Å². The van der Waals surface area contributed by atoms with E-state index in [1.165, 1.54) is 0 Å². The maximum atomic E-state index is 14.0. The molecule has 18 heavy (non-hydrogen) atoms. The van der Waals surface area contributed by atoms with Crippen LogP contribution in [-0.4, -0.2) is 15.9 Å². The molecule has 0 aromatic heterocycles. The molecule has 0 aliphatic heterocycles. The van der Waals surface area contributed by atoms with Crippen LogP contribution in [0.15, 0.2) is 0 Å². The Bertz CT molecular complexity index is 463. The van der Waals surface area contributed by atoms with Crippen molar-refractivity contribution in [3.63, 3.8) is 0 Å². The standard InChI is InChI=1S/C12H17BF4Si/c1-12(2,3)18(4,5)11-9(16)7(14)6(13)8(15)10(11)17/h13H2,1-5H3. The molecule has 0 unspecified atom stereocenters. The van der Waals surface area contributed by atoms with Crippen LogP contribution < -0.4 is 10.6 Å². The van der Waals surface area contributed by atoms with Gasteiger partial charge in [-0.2, -0.15) is 0 Å². The molecule has 0 amide bonds. The molecule has 100 valence electrons. The van der Waals surface area contributed by atoms with Crippen molar-refractivity contribution in [2.45, 2.75) is 38.9 Å². The SMILES string of the molecule is Bc1c(F)c(F)c([Si](C)(C)C(C)(C)C)c(F)c1F. The summed E-state index contributed by atoms with van der Waals surface area (Å²) in [6.07, 6.45) is 0. The van der Waals surface area contributed by atoms with Gasteiger partial charge in [0.15, 0.2) is 23.3 Å². The number of halogens is 4. The normalized spacial score (nSPS) is 12.9. The van der Waals surface area contributed by atoms with E-state index in [-0.39, 0.29) is 0 Å². The zero-order chi connectivity index (χ0) is 14.5. The number of rotatable bonds is 1. The fraction of sp³-hybridized carbons (Fsp3) is 0.500. The monoisotopic (exact) mass is 276 g/mol. The van der Waals surface area contributed by atoms with Crippen molar-refractivity contribution in [1.29, 1.82) is 0 Å². The van der Waals surface area contributed by atoms with Gasteiger partial charge < -0.3 is 0 Å². The van der Waals surface area contributed by atoms with Gasteiger partial charge in [0, 0.05) is 5.19 Å². The van der Waals surface area contributed by atoms with Crippen molar-refractivity contribution in [1.82, 2.24) is 0 Å². The van der Waals surface area contributed by atoms with E-state index in [1.54, 1.807) is 13.1 Å². The van der Waals surface area contributed by atoms with Crippen molar-refractivity contribution >= 4 is 26.6 Å². The molecule has 1 aromatic rings. The topological polar surface area (TPSA) is 0 Å². The van der Waals surface area contributed by atoms with Gasteiger partial charge in [0.2, 0.25) is 0 Å². The highest BCUT2D eigenvalue weighted by Gasteiger charge is 2.43. The second-order valence-electron chi connectivity index (χ2n) is 6.13. The van der Waals surface area contributed by atoms with E-state index in [9.17, 15) is 17.6 Å². The third-order valence-electron chi connectivity index (χ3n) is 3.98. The molecule has 1 rings (SSSR count). The van der Waals surface area contributed by atoms with Gasteiger partial charge >= 0.3 is 0 Å². The number of hydrogen-bond donors (Lipinski definition) is 0. The molecule has 0 saturated heterocycles. The number of hydrogen-bond acceptors (Lipinski definition) is 0. The quantitative estimate of drug-likeness (QED) is 0.419. The molecule has 1 aromatic carbocycles. The van der Waals surface area contributed by atoms with E-state index in [0.29, 0.717) is 0 Å². The van der Waals surface area contributed by atoms with Gasteiger partial charge in [-0.05, 0) is 10.5 Å². The lowest BCUT2D eigenvalue weighted by Gasteiger charge is -2.37. The molecule has 0 heterocycles. The van der Waals surface area contributed by atoms with Crippen LogP contribution in [0.25, 0.3) is 0 Å². The Kier molecular flexibility index (Phi) is 3.74. The highest BCUT2D eigenvalue weighted by Crippen LogP contribution is 2.36. The minimum Gasteiger partial charge on any atom is -0.204 e. The molecular formula is C12H17BF4Si. The van der Waals surface area contributed by atoms with Gasteiger partial charge in [0.25, 0.3) is 0 Å². The summed E-state index contributed by atoms with van der Waals surface area (Å²) in [6, 6.07) is 0. The molecule has 6 heteroatoms. The molecule has 0 spiro atoms. The third-order valence-corrected chi connectivity index (χ3v) is 9.42. The fourth-order valence-corrected chi connectivity index (χ4v) is 3.73. The third kappa shape index (κ3) is 2.11. The Morgan fingerprint density at radius 1 is 0.833 bits per heavy atom. The van der Waals surface area contributed by atoms with Crippen molar-refractivity contribution in [2.75, 3.05) is 0 Å². The highest BCUT2D eigenvalue weighted by molar-refractivity contribution is 6.92. The first-order chi connectivity index (χ1) is 7.93. The minimum absolute atomic E-state index is 0.393. The second kappa shape index (κ2) is 4.40. The summed E-state index contributed by atoms with van der Waals surface area (Å²) >= 11 is 0. The molecule has 0 N–H and O–H groups in total. The molecule has 0 aliphatic carbocycles. The van der Waals surface area contributed by atoms with Gasteiger partial charge in [0.1, 0.15) is 7.85 Å². The molecule has 0 atom stereocenters. The van der Waals surface area contributed by atoms with Crippen molar-refractivity contribution in [3.05, 3.63) is 23.3 Å². The second-order valence-corrected chi connectivity index (χ2v) is 11.4. The Hall–Kier alpha value is -0.778. The largest absolute Gasteiger partial charge is 0.204 e. The van der Waals surface area contributed by atoms with Crippen LogP contribution in [0.5, 0.6) is 0 Å². The van der Waals surface area contributed by atoms with E-state index >= 15 is 0 Å². The predicted octanol–water partition coefficient (Wildman–Crippen LogP) is 2.22. The number of benzene rings is 1. The van der Waals surface area contributed by atoms with Crippen LogP contribution in [-0.2, 0) is 0 Å². The molecular weight excluding hydrogens is 259 g/mol. The Morgan fingerprint density at radius 2 is 1.17 bits per heavy atom. The summed E-state index contributed by atoms with van der Waals surface area (Å²) in [5.41, 5.74) is -0.604. The maximum absolute atomic E-state index is 14.0. The summed E-state index contributed by atoms with van der Waals surface area (Å²) in [4.78, 5) is 0. The van der Waals surface area contributed by atoms with Crippen molar-refractivity contribution in [3.8, 4) is 0 Å². The average molecular weight is 276 g/mol. The van der Waals surface area contributed by atoms with Crippen LogP contribution >= 0.6 is 0 Å². The first kappa shape index (κ1) is 15.3. The zero-order valence-electron chi connectivity index (χ0n) is 11.5. The first-order valence-corrected chi connectivity index (χ1v) is 8.76. The zero-order valence-corrected chi connectivity index (χ0v) is 12.5. The van der Waals surface area contributed by atoms with E-state index in [4.69, 9.17) is 0 Å². The summed E-state index contributed by atoms with van der Waals surface area (Å²) in [7, 11) is -1.65. The highest BCUT2D eigenvalue weighted by atomic mass is 28.3. The lowest BCUT2D eigenvalue weighted by Crippen LogP contribution is -2.54. The first-order valence-electron chi connectivity index (χ1n) is 5.76. The summed E-state index contributed by atoms with van der Waals surface area (Å²) in [6.45, 7) is 8.90. The van der Waals surface area contributed by atoms with Gasteiger partial charge in [-0.25, -0.2) is 17.6 Å². The molecule has 0 fully saturated rings. The maximum Gasteiger partial charge on any atom is 0.160 e. The molecule has 0 saturated carbocycles. The molecule has 0 bridgehead atoms. The molecule has 0 radical (unpaired) electrons. The van der Waals surface area contributed by atoms with Gasteiger partial charge in [0.05, 0.1) is 8.07 Å². The van der Waals surface area contributed by atoms with Crippen molar-refractivity contribution in [2.24, 2.45) is 0 Å². The Labute approximate surface area is 107 Å². The summed E-state index contributed by atoms with van der Waals surface area (Å²) in [5.74, 6) is -5.04. The van der Waals surface area contributed by atoms with Crippen LogP contribution in [0.4, 0.5) is 17.6 Å². The van der Waals surface area contributed by atoms with E-state index in [0.717, 1.165) is 7.85 Å². The lowest BCUT2D eigenvalue weighted by atomic mass is 9.94. The minimum atomic E-state index is -2.69. The smallest absolute Gasteiger partial charge is 0.160 e. The Balaban J connectivity index is 3.72. The van der Waals surface area contributed by atoms with Crippen molar-refractivity contribution < 1.29 is 17.6 Å². The summed E-state index contributed by atoms with van der Waals surface area (Å²) < 4.78 is 55.1. The average Bonchev–Trinajstić information content (AvgIpc) is 2.22. The molecule has 0 aliphatic rings. The van der Waals surface area contributed by atoms with Gasteiger partial charge in [-0.1, -0.05) is 33.9 Å². The van der Waals surface area contributed by atoms with E-state index in [1.807, 2.05) is 20.8 Å². The fourth-order valence-electron chi connectivity index (χ4n) is 1.67. The van der Waals surface area contributed by atoms with Crippen LogP contribution in [0.3, 0.4) is 0 Å². The van der Waals surface area contributed by atoms with Crippen LogP contribution in [0, 0.1) is 23.3 Å². The van der Waals surface area contributed by atoms with E-state index < -0.39 is 47.0 Å². The van der Waals surface area contributed by atoms with E-state index in [2.05, 4.69) is 0 Å². The predicted molar refractivity (Wildman–Crippen MR) is 71.3 cm³/mol. The summed E-state index contributed by atoms with van der Waals surface area (Å²) in [5, 5.41) is -0.807.